The van der Waals surface area contributed by atoms with Crippen molar-refractivity contribution in [1.29, 1.82) is 5.26 Å². The number of hydrogen-bond donors (Lipinski definition) is 1. The van der Waals surface area contributed by atoms with Crippen LogP contribution in [0.5, 0.6) is 0 Å². The third-order valence-corrected chi connectivity index (χ3v) is 5.47. The molecule has 0 spiro atoms. The normalized spacial score (nSPS) is 18.8. The Hall–Kier alpha value is -3.15. The molecule has 4 rings (SSSR count). The molecule has 2 heterocycles. The second kappa shape index (κ2) is 7.52. The largest absolute Gasteiger partial charge is 0.444 e. The maximum atomic E-state index is 15.6. The molecule has 1 N–H and O–H groups in total. The SMILES string of the molecule is CC(C)(C)OC(=O)NC1CCN(c2c(F)cc3c(=O)c(C#N)cn(C4CC4)c3c2F)C1. The predicted octanol–water partition coefficient (Wildman–Crippen LogP) is 3.59. The number of fused-ring (bicyclic) bond motifs is 1. The smallest absolute Gasteiger partial charge is 0.407 e. The molecule has 1 aliphatic carbocycles. The van der Waals surface area contributed by atoms with E-state index in [9.17, 15) is 19.2 Å². The molecule has 1 saturated heterocycles. The summed E-state index contributed by atoms with van der Waals surface area (Å²) >= 11 is 0. The lowest BCUT2D eigenvalue weighted by atomic mass is 10.1. The molecular formula is C22H24F2N4O3. The van der Waals surface area contributed by atoms with Crippen LogP contribution in [0.4, 0.5) is 19.3 Å². The van der Waals surface area contributed by atoms with Gasteiger partial charge in [0.05, 0.1) is 16.9 Å². The molecule has 1 amide bonds. The molecule has 1 aliphatic heterocycles. The topological polar surface area (TPSA) is 87.4 Å². The van der Waals surface area contributed by atoms with Crippen molar-refractivity contribution in [3.63, 3.8) is 0 Å². The van der Waals surface area contributed by atoms with Gasteiger partial charge < -0.3 is 19.5 Å². The van der Waals surface area contributed by atoms with Crippen LogP contribution in [0.2, 0.25) is 0 Å². The highest BCUT2D eigenvalue weighted by molar-refractivity contribution is 5.85. The number of rotatable bonds is 3. The zero-order valence-corrected chi connectivity index (χ0v) is 17.7. The number of benzene rings is 1. The monoisotopic (exact) mass is 430 g/mol. The lowest BCUT2D eigenvalue weighted by molar-refractivity contribution is 0.0509. The Morgan fingerprint density at radius 3 is 2.61 bits per heavy atom. The summed E-state index contributed by atoms with van der Waals surface area (Å²) in [7, 11) is 0. The van der Waals surface area contributed by atoms with E-state index < -0.39 is 28.8 Å². The van der Waals surface area contributed by atoms with Gasteiger partial charge in [0.1, 0.15) is 28.7 Å². The van der Waals surface area contributed by atoms with Gasteiger partial charge in [0.2, 0.25) is 5.43 Å². The molecular weight excluding hydrogens is 406 g/mol. The quantitative estimate of drug-likeness (QED) is 0.804. The lowest BCUT2D eigenvalue weighted by Crippen LogP contribution is -2.40. The number of nitrogens with zero attached hydrogens (tertiary/aromatic N) is 3. The van der Waals surface area contributed by atoms with Gasteiger partial charge in [-0.2, -0.15) is 5.26 Å². The van der Waals surface area contributed by atoms with Crippen LogP contribution in [0.25, 0.3) is 10.9 Å². The van der Waals surface area contributed by atoms with E-state index >= 15 is 4.39 Å². The fraction of sp³-hybridized carbons (Fsp3) is 0.500. The second-order valence-electron chi connectivity index (χ2n) is 9.12. The molecule has 1 aromatic carbocycles. The minimum absolute atomic E-state index is 0.0110. The van der Waals surface area contributed by atoms with E-state index in [-0.39, 0.29) is 40.8 Å². The summed E-state index contributed by atoms with van der Waals surface area (Å²) in [5, 5.41) is 11.8. The number of carbonyl (C=O) groups excluding carboxylic acids is 1. The first-order valence-electron chi connectivity index (χ1n) is 10.3. The zero-order chi connectivity index (χ0) is 22.5. The molecule has 1 unspecified atom stereocenters. The van der Waals surface area contributed by atoms with Gasteiger partial charge in [-0.15, -0.1) is 0 Å². The van der Waals surface area contributed by atoms with Crippen LogP contribution >= 0.6 is 0 Å². The summed E-state index contributed by atoms with van der Waals surface area (Å²) in [6.45, 7) is 5.81. The van der Waals surface area contributed by atoms with Gasteiger partial charge in [0.25, 0.3) is 0 Å². The van der Waals surface area contributed by atoms with Gasteiger partial charge in [-0.25, -0.2) is 13.6 Å². The number of nitrogens with one attached hydrogen (secondary N) is 1. The van der Waals surface area contributed by atoms with E-state index in [4.69, 9.17) is 4.74 Å². The summed E-state index contributed by atoms with van der Waals surface area (Å²) in [6.07, 6.45) is 2.90. The number of aromatic nitrogens is 1. The number of ether oxygens (including phenoxy) is 1. The highest BCUT2D eigenvalue weighted by Crippen LogP contribution is 2.40. The number of nitriles is 1. The summed E-state index contributed by atoms with van der Waals surface area (Å²) in [5.41, 5.74) is -1.66. The lowest BCUT2D eigenvalue weighted by Gasteiger charge is -2.23. The maximum absolute atomic E-state index is 15.6. The van der Waals surface area contributed by atoms with Crippen LogP contribution in [0, 0.1) is 23.0 Å². The molecule has 9 heteroatoms. The standard InChI is InChI=1S/C22H24F2N4O3/c1-22(2,3)31-21(30)26-13-6-7-27(11-13)19-16(23)8-15-18(17(19)24)28(14-4-5-14)10-12(9-25)20(15)29/h8,10,13-14H,4-7,11H2,1-3H3,(H,26,30). The Kier molecular flexibility index (Phi) is 5.12. The van der Waals surface area contributed by atoms with Crippen molar-refractivity contribution in [3.05, 3.63) is 39.7 Å². The minimum atomic E-state index is -0.863. The Balaban J connectivity index is 1.68. The third kappa shape index (κ3) is 4.07. The van der Waals surface area contributed by atoms with E-state index in [1.54, 1.807) is 25.3 Å². The second-order valence-corrected chi connectivity index (χ2v) is 9.12. The van der Waals surface area contributed by atoms with Crippen molar-refractivity contribution >= 4 is 22.7 Å². The Labute approximate surface area is 178 Å². The van der Waals surface area contributed by atoms with Crippen molar-refractivity contribution in [2.24, 2.45) is 0 Å². The minimum Gasteiger partial charge on any atom is -0.444 e. The Bertz CT molecular complexity index is 1160. The van der Waals surface area contributed by atoms with Gasteiger partial charge in [0, 0.05) is 25.3 Å². The fourth-order valence-corrected chi connectivity index (χ4v) is 4.00. The fourth-order valence-electron chi connectivity index (χ4n) is 4.00. The number of anilines is 1. The third-order valence-electron chi connectivity index (χ3n) is 5.47. The van der Waals surface area contributed by atoms with Crippen LogP contribution in [0.15, 0.2) is 17.1 Å². The highest BCUT2D eigenvalue weighted by Gasteiger charge is 2.33. The molecule has 2 fully saturated rings. The first kappa shape index (κ1) is 21.1. The summed E-state index contributed by atoms with van der Waals surface area (Å²) in [6, 6.07) is 2.50. The first-order chi connectivity index (χ1) is 14.6. The highest BCUT2D eigenvalue weighted by atomic mass is 19.1. The number of pyridine rings is 1. The number of halogens is 2. The van der Waals surface area contributed by atoms with Gasteiger partial charge >= 0.3 is 6.09 Å². The van der Waals surface area contributed by atoms with E-state index in [0.29, 0.717) is 13.0 Å². The van der Waals surface area contributed by atoms with E-state index in [2.05, 4.69) is 5.32 Å². The van der Waals surface area contributed by atoms with Gasteiger partial charge in [-0.3, -0.25) is 4.79 Å². The van der Waals surface area contributed by atoms with E-state index in [0.717, 1.165) is 18.9 Å². The average molecular weight is 430 g/mol. The molecule has 1 atom stereocenters. The molecule has 0 radical (unpaired) electrons. The zero-order valence-electron chi connectivity index (χ0n) is 17.7. The first-order valence-corrected chi connectivity index (χ1v) is 10.3. The molecule has 1 saturated carbocycles. The Morgan fingerprint density at radius 1 is 1.29 bits per heavy atom. The molecule has 1 aromatic heterocycles. The number of amides is 1. The van der Waals surface area contributed by atoms with Crippen molar-refractivity contribution in [1.82, 2.24) is 9.88 Å². The van der Waals surface area contributed by atoms with Crippen molar-refractivity contribution in [2.75, 3.05) is 18.0 Å². The molecule has 2 aliphatic rings. The van der Waals surface area contributed by atoms with Crippen molar-refractivity contribution in [3.8, 4) is 6.07 Å². The van der Waals surface area contributed by atoms with Crippen LogP contribution in [0.1, 0.15) is 51.6 Å². The van der Waals surface area contributed by atoms with E-state index in [1.807, 2.05) is 6.07 Å². The van der Waals surface area contributed by atoms with Gasteiger partial charge in [-0.1, -0.05) is 0 Å². The van der Waals surface area contributed by atoms with Gasteiger partial charge in [0.15, 0.2) is 5.82 Å². The summed E-state index contributed by atoms with van der Waals surface area (Å²) < 4.78 is 37.4. The number of alkyl carbamates (subject to hydrolysis) is 1. The van der Waals surface area contributed by atoms with E-state index in [1.165, 1.54) is 11.1 Å². The average Bonchev–Trinajstić information content (AvgIpc) is 3.41. The van der Waals surface area contributed by atoms with Crippen LogP contribution in [-0.4, -0.2) is 35.4 Å². The maximum Gasteiger partial charge on any atom is 0.407 e. The Morgan fingerprint density at radius 2 is 2.00 bits per heavy atom. The molecule has 7 nitrogen and oxygen atoms in total. The molecule has 164 valence electrons. The summed E-state index contributed by atoms with van der Waals surface area (Å²) in [5.74, 6) is -1.68. The van der Waals surface area contributed by atoms with Gasteiger partial charge in [-0.05, 0) is 46.1 Å². The van der Waals surface area contributed by atoms with Crippen LogP contribution in [0.3, 0.4) is 0 Å². The molecule has 31 heavy (non-hydrogen) atoms. The predicted molar refractivity (Wildman–Crippen MR) is 111 cm³/mol. The number of hydrogen-bond acceptors (Lipinski definition) is 5. The van der Waals surface area contributed by atoms with Crippen LogP contribution < -0.4 is 15.6 Å². The van der Waals surface area contributed by atoms with Crippen molar-refractivity contribution < 1.29 is 18.3 Å². The van der Waals surface area contributed by atoms with Crippen LogP contribution in [-0.2, 0) is 4.74 Å². The van der Waals surface area contributed by atoms with Crippen molar-refractivity contribution in [2.45, 2.75) is 57.7 Å². The molecule has 2 aromatic rings. The molecule has 0 bridgehead atoms. The summed E-state index contributed by atoms with van der Waals surface area (Å²) in [4.78, 5) is 26.1. The number of carbonyl (C=O) groups is 1.